The van der Waals surface area contributed by atoms with Crippen LogP contribution in [0, 0.1) is 5.82 Å². The second-order valence-corrected chi connectivity index (χ2v) is 13.0. The predicted molar refractivity (Wildman–Crippen MR) is 150 cm³/mol. The second kappa shape index (κ2) is 10.8. The van der Waals surface area contributed by atoms with Gasteiger partial charge in [-0.05, 0) is 0 Å². The summed E-state index contributed by atoms with van der Waals surface area (Å²) < 4.78 is 14.7. The van der Waals surface area contributed by atoms with Crippen molar-refractivity contribution in [1.82, 2.24) is 0 Å². The van der Waals surface area contributed by atoms with Crippen molar-refractivity contribution in [1.29, 1.82) is 0 Å². The van der Waals surface area contributed by atoms with Crippen molar-refractivity contribution >= 4 is 23.2 Å². The van der Waals surface area contributed by atoms with Gasteiger partial charge < -0.3 is 0 Å². The van der Waals surface area contributed by atoms with Gasteiger partial charge in [0.1, 0.15) is 0 Å². The maximum absolute atomic E-state index is 14.7. The van der Waals surface area contributed by atoms with E-state index < -0.39 is 7.26 Å². The van der Waals surface area contributed by atoms with Crippen molar-refractivity contribution in [2.45, 2.75) is 19.0 Å². The zero-order chi connectivity index (χ0) is 23.9. The molecule has 5 aromatic carbocycles. The number of aryl methyl sites for hydroxylation is 2. The predicted octanol–water partition coefficient (Wildman–Crippen LogP) is 6.84. The first kappa shape index (κ1) is 23.2. The molecule has 0 nitrogen and oxygen atoms in total. The van der Waals surface area contributed by atoms with Crippen LogP contribution in [0.2, 0.25) is 0 Å². The van der Waals surface area contributed by atoms with Crippen molar-refractivity contribution in [3.05, 3.63) is 162 Å². The Morgan fingerprint density at radius 3 is 1.40 bits per heavy atom. The van der Waals surface area contributed by atoms with E-state index in [4.69, 9.17) is 0 Å². The molecule has 0 radical (unpaired) electrons. The Balaban J connectivity index is 1.66. The van der Waals surface area contributed by atoms with Gasteiger partial charge >= 0.3 is 209 Å². The van der Waals surface area contributed by atoms with E-state index in [2.05, 4.69) is 115 Å². The van der Waals surface area contributed by atoms with Crippen LogP contribution in [0.25, 0.3) is 0 Å². The summed E-state index contributed by atoms with van der Waals surface area (Å²) >= 11 is 0. The first-order valence-electron chi connectivity index (χ1n) is 12.2. The molecule has 0 spiro atoms. The molecule has 0 N–H and O–H groups in total. The Hall–Kier alpha value is -3.54. The molecule has 35 heavy (non-hydrogen) atoms. The molecule has 0 aliphatic rings. The molecule has 0 saturated carbocycles. The Bertz CT molecular complexity index is 1250. The molecule has 0 aliphatic carbocycles. The molecule has 2 heteroatoms. The number of halogens is 1. The van der Waals surface area contributed by atoms with Crippen molar-refractivity contribution in [2.75, 3.05) is 0 Å². The van der Waals surface area contributed by atoms with Gasteiger partial charge in [0, 0.05) is 0 Å². The van der Waals surface area contributed by atoms with E-state index in [-0.39, 0.29) is 5.82 Å². The van der Waals surface area contributed by atoms with E-state index in [0.29, 0.717) is 0 Å². The molecule has 0 unspecified atom stereocenters. The van der Waals surface area contributed by atoms with Crippen molar-refractivity contribution < 1.29 is 4.39 Å². The van der Waals surface area contributed by atoms with Gasteiger partial charge in [-0.2, -0.15) is 0 Å². The van der Waals surface area contributed by atoms with Crippen LogP contribution in [0.1, 0.15) is 16.7 Å². The van der Waals surface area contributed by atoms with Crippen LogP contribution in [0.3, 0.4) is 0 Å². The molecule has 0 amide bonds. The van der Waals surface area contributed by atoms with Crippen LogP contribution >= 0.6 is 7.26 Å². The Labute approximate surface area is 208 Å². The molecule has 0 saturated heterocycles. The zero-order valence-electron chi connectivity index (χ0n) is 19.8. The van der Waals surface area contributed by atoms with Gasteiger partial charge in [0.2, 0.25) is 0 Å². The van der Waals surface area contributed by atoms with Crippen molar-refractivity contribution in [3.8, 4) is 0 Å². The van der Waals surface area contributed by atoms with Crippen LogP contribution in [0.4, 0.5) is 4.39 Å². The van der Waals surface area contributed by atoms with E-state index >= 15 is 0 Å². The summed E-state index contributed by atoms with van der Waals surface area (Å²) in [6.07, 6.45) is 2.64. The molecular weight excluding hydrogens is 446 g/mol. The molecule has 0 heterocycles. The molecule has 5 aromatic rings. The standard InChI is InChI=1S/C33H30FP/c34-30-24-23-28(22-21-27-13-5-1-6-14-27)29(25-30)26-35(31-15-7-2-8-16-31,32-17-9-3-10-18-32)33-19-11-4-12-20-33/h1-20,23-25,35H,21-22,26H2. The summed E-state index contributed by atoms with van der Waals surface area (Å²) in [6.45, 7) is 0. The van der Waals surface area contributed by atoms with E-state index in [1.807, 2.05) is 12.1 Å². The van der Waals surface area contributed by atoms with E-state index in [1.165, 1.54) is 27.0 Å². The Morgan fingerprint density at radius 1 is 0.457 bits per heavy atom. The molecule has 0 aromatic heterocycles. The number of hydrogen-bond acceptors (Lipinski definition) is 0. The van der Waals surface area contributed by atoms with Crippen LogP contribution in [-0.2, 0) is 19.0 Å². The maximum atomic E-state index is 14.7. The molecule has 5 rings (SSSR count). The minimum absolute atomic E-state index is 0.166. The van der Waals surface area contributed by atoms with Crippen LogP contribution < -0.4 is 15.9 Å². The third kappa shape index (κ3) is 5.11. The quantitative estimate of drug-likeness (QED) is 0.215. The number of benzene rings is 5. The van der Waals surface area contributed by atoms with Crippen LogP contribution in [-0.4, -0.2) is 0 Å². The van der Waals surface area contributed by atoms with Crippen molar-refractivity contribution in [2.24, 2.45) is 0 Å². The monoisotopic (exact) mass is 476 g/mol. The molecule has 0 atom stereocenters. The first-order chi connectivity index (χ1) is 17.3. The van der Waals surface area contributed by atoms with E-state index in [1.54, 1.807) is 12.1 Å². The summed E-state index contributed by atoms with van der Waals surface area (Å²) in [7, 11) is -2.49. The SMILES string of the molecule is Fc1ccc(CCc2ccccc2)c(C[PH](c2ccccc2)(c2ccccc2)c2ccccc2)c1. The average molecular weight is 477 g/mol. The fourth-order valence-corrected chi connectivity index (χ4v) is 9.98. The van der Waals surface area contributed by atoms with Crippen LogP contribution in [0.15, 0.2) is 140 Å². The number of hydrogen-bond donors (Lipinski definition) is 0. The Kier molecular flexibility index (Phi) is 7.17. The Morgan fingerprint density at radius 2 is 0.914 bits per heavy atom. The topological polar surface area (TPSA) is 0 Å². The fraction of sp³-hybridized carbons (Fsp3) is 0.0909. The minimum atomic E-state index is -2.49. The zero-order valence-corrected chi connectivity index (χ0v) is 20.8. The van der Waals surface area contributed by atoms with Gasteiger partial charge in [0.15, 0.2) is 0 Å². The first-order valence-corrected chi connectivity index (χ1v) is 14.4. The summed E-state index contributed by atoms with van der Waals surface area (Å²) in [6, 6.07) is 48.5. The number of rotatable bonds is 8. The third-order valence-electron chi connectivity index (χ3n) is 6.95. The van der Waals surface area contributed by atoms with Crippen molar-refractivity contribution in [3.63, 3.8) is 0 Å². The van der Waals surface area contributed by atoms with Gasteiger partial charge in [-0.15, -0.1) is 0 Å². The normalized spacial score (nSPS) is 11.8. The summed E-state index contributed by atoms with van der Waals surface area (Å²) in [5, 5.41) is 4.03. The third-order valence-corrected chi connectivity index (χ3v) is 11.8. The van der Waals surface area contributed by atoms with Gasteiger partial charge in [-0.3, -0.25) is 0 Å². The molecule has 174 valence electrons. The molecular formula is C33H30FP. The average Bonchev–Trinajstić information content (AvgIpc) is 2.93. The van der Waals surface area contributed by atoms with Gasteiger partial charge in [0.25, 0.3) is 0 Å². The van der Waals surface area contributed by atoms with E-state index in [9.17, 15) is 4.39 Å². The summed E-state index contributed by atoms with van der Waals surface area (Å²) in [5.74, 6) is -0.166. The summed E-state index contributed by atoms with van der Waals surface area (Å²) in [4.78, 5) is 0. The van der Waals surface area contributed by atoms with E-state index in [0.717, 1.165) is 24.6 Å². The fourth-order valence-electron chi connectivity index (χ4n) is 5.19. The van der Waals surface area contributed by atoms with Gasteiger partial charge in [0.05, 0.1) is 0 Å². The van der Waals surface area contributed by atoms with Crippen LogP contribution in [0.5, 0.6) is 0 Å². The van der Waals surface area contributed by atoms with Gasteiger partial charge in [-0.1, -0.05) is 0 Å². The summed E-state index contributed by atoms with van der Waals surface area (Å²) in [5.41, 5.74) is 3.65. The molecule has 0 aliphatic heterocycles. The second-order valence-electron chi connectivity index (χ2n) is 9.08. The van der Waals surface area contributed by atoms with Gasteiger partial charge in [-0.25, -0.2) is 0 Å². The molecule has 0 fully saturated rings. The molecule has 0 bridgehead atoms.